The van der Waals surface area contributed by atoms with Crippen LogP contribution in [0.25, 0.3) is 0 Å². The average molecular weight is 572 g/mol. The first kappa shape index (κ1) is 24.6. The highest BCUT2D eigenvalue weighted by molar-refractivity contribution is 7.89. The van der Waals surface area contributed by atoms with Gasteiger partial charge in [0.25, 0.3) is 0 Å². The molecule has 0 saturated carbocycles. The van der Waals surface area contributed by atoms with Gasteiger partial charge in [-0.25, -0.2) is 18.1 Å². The van der Waals surface area contributed by atoms with Crippen molar-refractivity contribution in [2.75, 3.05) is 32.6 Å². The van der Waals surface area contributed by atoms with E-state index in [1.54, 1.807) is 36.1 Å². The molecule has 0 unspecified atom stereocenters. The van der Waals surface area contributed by atoms with Crippen LogP contribution in [0.15, 0.2) is 59.6 Å². The standard InChI is InChI=1S/C25H27F3N4O6S/c1-29-39(33,34)19-9-5-17(6-10-19)31-24-30-13-20(25(26,27)28)23(32-24)38-21-11-12-36-15-22(21)37-14-16-3-7-18(35-2)8-4-16/h3-10,13,21-22,29H,11-12,14-15H2,1-2H3,(H,30,31,32)/t21-,22+/m1/s1/i1D3. The zero-order valence-electron chi connectivity index (χ0n) is 23.6. The first-order valence-electron chi connectivity index (χ1n) is 13.1. The highest BCUT2D eigenvalue weighted by Gasteiger charge is 2.38. The topological polar surface area (TPSA) is 121 Å². The third-order valence-electron chi connectivity index (χ3n) is 5.74. The molecule has 2 atom stereocenters. The molecule has 1 saturated heterocycles. The molecule has 0 aliphatic carbocycles. The Morgan fingerprint density at radius 2 is 1.87 bits per heavy atom. The molecule has 2 N–H and O–H groups in total. The van der Waals surface area contributed by atoms with Crippen molar-refractivity contribution in [1.82, 2.24) is 14.7 Å². The minimum Gasteiger partial charge on any atom is -0.497 e. The summed E-state index contributed by atoms with van der Waals surface area (Å²) < 4.78 is 111. The van der Waals surface area contributed by atoms with E-state index in [2.05, 4.69) is 15.3 Å². The lowest BCUT2D eigenvalue weighted by Crippen LogP contribution is -2.43. The summed E-state index contributed by atoms with van der Waals surface area (Å²) >= 11 is 0. The maximum Gasteiger partial charge on any atom is 0.423 e. The normalized spacial score (nSPS) is 19.4. The fourth-order valence-corrected chi connectivity index (χ4v) is 4.28. The van der Waals surface area contributed by atoms with Gasteiger partial charge in [-0.05, 0) is 48.9 Å². The zero-order valence-corrected chi connectivity index (χ0v) is 21.4. The largest absolute Gasteiger partial charge is 0.497 e. The summed E-state index contributed by atoms with van der Waals surface area (Å²) in [4.78, 5) is 7.34. The quantitative estimate of drug-likeness (QED) is 0.373. The van der Waals surface area contributed by atoms with Crippen molar-refractivity contribution < 1.29 is 44.6 Å². The summed E-state index contributed by atoms with van der Waals surface area (Å²) in [5.41, 5.74) is -0.149. The van der Waals surface area contributed by atoms with Gasteiger partial charge in [-0.3, -0.25) is 0 Å². The summed E-state index contributed by atoms with van der Waals surface area (Å²) in [7, 11) is -2.78. The Morgan fingerprint density at radius 3 is 2.54 bits per heavy atom. The lowest BCUT2D eigenvalue weighted by Gasteiger charge is -2.32. The summed E-state index contributed by atoms with van der Waals surface area (Å²) in [5.74, 6) is -0.302. The number of halogens is 3. The van der Waals surface area contributed by atoms with Crippen LogP contribution in [-0.4, -0.2) is 57.9 Å². The van der Waals surface area contributed by atoms with Crippen molar-refractivity contribution in [3.63, 3.8) is 0 Å². The number of hydrogen-bond donors (Lipinski definition) is 2. The van der Waals surface area contributed by atoms with E-state index in [0.29, 0.717) is 11.9 Å². The van der Waals surface area contributed by atoms with E-state index >= 15 is 0 Å². The molecule has 2 heterocycles. The maximum absolute atomic E-state index is 13.8. The molecule has 3 aromatic rings. The number of benzene rings is 2. The number of sulfonamides is 1. The fraction of sp³-hybridized carbons (Fsp3) is 0.360. The van der Waals surface area contributed by atoms with E-state index in [-0.39, 0.29) is 42.8 Å². The maximum atomic E-state index is 13.8. The summed E-state index contributed by atoms with van der Waals surface area (Å²) in [6.45, 7) is -2.42. The Balaban J connectivity index is 1.50. The van der Waals surface area contributed by atoms with Crippen molar-refractivity contribution >= 4 is 21.7 Å². The number of nitrogens with one attached hydrogen (secondary N) is 2. The van der Waals surface area contributed by atoms with Crippen LogP contribution in [0.5, 0.6) is 11.6 Å². The molecule has 1 aliphatic heterocycles. The molecule has 1 aromatic heterocycles. The van der Waals surface area contributed by atoms with Gasteiger partial charge in [0, 0.05) is 22.4 Å². The van der Waals surface area contributed by atoms with Gasteiger partial charge in [0.2, 0.25) is 21.9 Å². The third-order valence-corrected chi connectivity index (χ3v) is 6.91. The van der Waals surface area contributed by atoms with Crippen molar-refractivity contribution in [3.8, 4) is 11.6 Å². The van der Waals surface area contributed by atoms with Crippen molar-refractivity contribution in [1.29, 1.82) is 0 Å². The third kappa shape index (κ3) is 7.35. The second-order valence-electron chi connectivity index (χ2n) is 8.38. The summed E-state index contributed by atoms with van der Waals surface area (Å²) in [5, 5.41) is 2.69. The minimum absolute atomic E-state index is 0.101. The van der Waals surface area contributed by atoms with Crippen LogP contribution in [0.3, 0.4) is 0 Å². The number of nitrogens with zero attached hydrogens (tertiary/aromatic N) is 2. The second kappa shape index (κ2) is 12.2. The Labute approximate surface area is 227 Å². The van der Waals surface area contributed by atoms with Gasteiger partial charge < -0.3 is 24.3 Å². The number of alkyl halides is 3. The van der Waals surface area contributed by atoms with E-state index in [1.807, 2.05) is 0 Å². The summed E-state index contributed by atoms with van der Waals surface area (Å²) in [6, 6.07) is 11.9. The number of hydrogen-bond acceptors (Lipinski definition) is 9. The second-order valence-corrected chi connectivity index (χ2v) is 10.1. The van der Waals surface area contributed by atoms with Crippen molar-refractivity contribution in [2.45, 2.75) is 36.3 Å². The van der Waals surface area contributed by atoms with Gasteiger partial charge in [0.15, 0.2) is 0 Å². The number of ether oxygens (including phenoxy) is 4. The van der Waals surface area contributed by atoms with Crippen LogP contribution in [0.4, 0.5) is 24.8 Å². The molecule has 4 rings (SSSR count). The molecule has 1 aliphatic rings. The van der Waals surface area contributed by atoms with E-state index in [9.17, 15) is 21.6 Å². The van der Waals surface area contributed by atoms with E-state index < -0.39 is 46.8 Å². The van der Waals surface area contributed by atoms with Crippen LogP contribution >= 0.6 is 0 Å². The molecule has 0 radical (unpaired) electrons. The van der Waals surface area contributed by atoms with Crippen LogP contribution in [0.1, 0.15) is 21.7 Å². The number of methoxy groups -OCH3 is 1. The van der Waals surface area contributed by atoms with Gasteiger partial charge in [-0.1, -0.05) is 12.1 Å². The summed E-state index contributed by atoms with van der Waals surface area (Å²) in [6.07, 6.45) is -5.49. The number of anilines is 2. The molecule has 14 heteroatoms. The predicted octanol–water partition coefficient (Wildman–Crippen LogP) is 3.91. The Kier molecular flexibility index (Phi) is 7.66. The molecule has 39 heavy (non-hydrogen) atoms. The van der Waals surface area contributed by atoms with Gasteiger partial charge >= 0.3 is 6.18 Å². The smallest absolute Gasteiger partial charge is 0.423 e. The monoisotopic (exact) mass is 571 g/mol. The average Bonchev–Trinajstić information content (AvgIpc) is 2.91. The van der Waals surface area contributed by atoms with Crippen LogP contribution in [0, 0.1) is 0 Å². The molecule has 0 spiro atoms. The van der Waals surface area contributed by atoms with Crippen LogP contribution < -0.4 is 19.5 Å². The van der Waals surface area contributed by atoms with Gasteiger partial charge in [-0.15, -0.1) is 0 Å². The highest BCUT2D eigenvalue weighted by Crippen LogP contribution is 2.36. The molecule has 0 bridgehead atoms. The molecule has 2 aromatic carbocycles. The highest BCUT2D eigenvalue weighted by atomic mass is 32.2. The van der Waals surface area contributed by atoms with Gasteiger partial charge in [-0.2, -0.15) is 18.2 Å². The fourth-order valence-electron chi connectivity index (χ4n) is 3.67. The molecule has 1 fully saturated rings. The first-order valence-corrected chi connectivity index (χ1v) is 13.1. The van der Waals surface area contributed by atoms with E-state index in [1.165, 1.54) is 12.1 Å². The van der Waals surface area contributed by atoms with E-state index in [4.69, 9.17) is 23.1 Å². The van der Waals surface area contributed by atoms with Crippen LogP contribution in [-0.2, 0) is 32.3 Å². The molecular formula is C25H27F3N4O6S. The number of aromatic nitrogens is 2. The van der Waals surface area contributed by atoms with Crippen molar-refractivity contribution in [3.05, 3.63) is 65.9 Å². The molecular weight excluding hydrogens is 541 g/mol. The lowest BCUT2D eigenvalue weighted by molar-refractivity contribution is -0.144. The first-order chi connectivity index (χ1) is 19.7. The Morgan fingerprint density at radius 1 is 1.13 bits per heavy atom. The van der Waals surface area contributed by atoms with Gasteiger partial charge in [0.1, 0.15) is 23.5 Å². The van der Waals surface area contributed by atoms with Gasteiger partial charge in [0.05, 0.1) is 31.8 Å². The Hall–Kier alpha value is -3.46. The molecule has 210 valence electrons. The predicted molar refractivity (Wildman–Crippen MR) is 134 cm³/mol. The van der Waals surface area contributed by atoms with E-state index in [0.717, 1.165) is 17.7 Å². The lowest BCUT2D eigenvalue weighted by atomic mass is 10.1. The molecule has 0 amide bonds. The molecule has 10 nitrogen and oxygen atoms in total. The van der Waals surface area contributed by atoms with Crippen LogP contribution in [0.2, 0.25) is 0 Å². The zero-order chi connectivity index (χ0) is 30.5. The Bertz CT molecular complexity index is 1460. The SMILES string of the molecule is [2H]C([2H])([2H])NS(=O)(=O)c1ccc(Nc2ncc(C(F)(F)F)c(O[C@@H]3CCOC[C@@H]3OCc3ccc(OC)cc3)n2)cc1. The minimum atomic E-state index is -4.82. The number of rotatable bonds is 10. The van der Waals surface area contributed by atoms with Crippen molar-refractivity contribution in [2.24, 2.45) is 0 Å².